The van der Waals surface area contributed by atoms with Crippen molar-refractivity contribution in [1.29, 1.82) is 0 Å². The van der Waals surface area contributed by atoms with Gasteiger partial charge in [-0.2, -0.15) is 0 Å². The number of piperidine rings is 1. The Balaban J connectivity index is 1.45. The van der Waals surface area contributed by atoms with Gasteiger partial charge in [-0.05, 0) is 58.5 Å². The standard InChI is InChI=1S/C22H34N6/c1-3-4-12-27-13-5-8-22(16-27)9-7-19-20(22)25-18(2)26-21(19)24-10-6-14-28-15-11-23-17-28/h11,15,17H,3-10,12-14,16H2,1-2H3,(H,24,25,26). The number of likely N-dealkylation sites (tertiary alicyclic amines) is 1. The van der Waals surface area contributed by atoms with Crippen molar-refractivity contribution in [2.75, 3.05) is 31.5 Å². The first-order valence-corrected chi connectivity index (χ1v) is 11.0. The molecule has 6 heteroatoms. The summed E-state index contributed by atoms with van der Waals surface area (Å²) < 4.78 is 2.12. The van der Waals surface area contributed by atoms with Crippen molar-refractivity contribution >= 4 is 5.82 Å². The highest BCUT2D eigenvalue weighted by Crippen LogP contribution is 2.45. The number of fused-ring (bicyclic) bond motifs is 2. The molecule has 6 nitrogen and oxygen atoms in total. The van der Waals surface area contributed by atoms with E-state index in [1.807, 2.05) is 25.6 Å². The van der Waals surface area contributed by atoms with Gasteiger partial charge in [0.05, 0.1) is 12.0 Å². The highest BCUT2D eigenvalue weighted by atomic mass is 15.1. The number of aromatic nitrogens is 4. The van der Waals surface area contributed by atoms with Crippen LogP contribution >= 0.6 is 0 Å². The van der Waals surface area contributed by atoms with E-state index in [1.165, 1.54) is 63.0 Å². The van der Waals surface area contributed by atoms with Gasteiger partial charge in [-0.15, -0.1) is 0 Å². The number of anilines is 1. The topological polar surface area (TPSA) is 58.9 Å². The van der Waals surface area contributed by atoms with Gasteiger partial charge in [-0.3, -0.25) is 0 Å². The van der Waals surface area contributed by atoms with E-state index in [2.05, 4.69) is 26.7 Å². The van der Waals surface area contributed by atoms with Crippen LogP contribution in [0.4, 0.5) is 5.82 Å². The summed E-state index contributed by atoms with van der Waals surface area (Å²) in [6.45, 7) is 9.90. The lowest BCUT2D eigenvalue weighted by Crippen LogP contribution is -2.45. The van der Waals surface area contributed by atoms with E-state index in [0.29, 0.717) is 0 Å². The molecule has 0 saturated carbocycles. The minimum Gasteiger partial charge on any atom is -0.370 e. The van der Waals surface area contributed by atoms with Crippen molar-refractivity contribution < 1.29 is 0 Å². The molecular weight excluding hydrogens is 348 g/mol. The van der Waals surface area contributed by atoms with E-state index >= 15 is 0 Å². The second kappa shape index (κ2) is 8.60. The molecule has 1 aliphatic carbocycles. The van der Waals surface area contributed by atoms with Crippen LogP contribution in [0.5, 0.6) is 0 Å². The quantitative estimate of drug-likeness (QED) is 0.708. The summed E-state index contributed by atoms with van der Waals surface area (Å²) in [7, 11) is 0. The van der Waals surface area contributed by atoms with E-state index in [4.69, 9.17) is 9.97 Å². The Morgan fingerprint density at radius 1 is 1.18 bits per heavy atom. The van der Waals surface area contributed by atoms with Crippen LogP contribution in [0.25, 0.3) is 0 Å². The number of imidazole rings is 1. The highest BCUT2D eigenvalue weighted by Gasteiger charge is 2.44. The van der Waals surface area contributed by atoms with E-state index < -0.39 is 0 Å². The lowest BCUT2D eigenvalue weighted by atomic mass is 9.77. The van der Waals surface area contributed by atoms with Crippen LogP contribution in [-0.4, -0.2) is 50.6 Å². The second-order valence-corrected chi connectivity index (χ2v) is 8.54. The largest absolute Gasteiger partial charge is 0.370 e. The van der Waals surface area contributed by atoms with E-state index in [0.717, 1.165) is 37.6 Å². The van der Waals surface area contributed by atoms with Gasteiger partial charge >= 0.3 is 0 Å². The monoisotopic (exact) mass is 382 g/mol. The first kappa shape index (κ1) is 19.4. The van der Waals surface area contributed by atoms with Crippen LogP contribution in [0.3, 0.4) is 0 Å². The zero-order chi connectivity index (χ0) is 19.4. The minimum atomic E-state index is 0.252. The predicted molar refractivity (Wildman–Crippen MR) is 113 cm³/mol. The molecule has 1 unspecified atom stereocenters. The molecule has 2 aromatic heterocycles. The van der Waals surface area contributed by atoms with Crippen LogP contribution in [0.2, 0.25) is 0 Å². The van der Waals surface area contributed by atoms with E-state index in [9.17, 15) is 0 Å². The van der Waals surface area contributed by atoms with Crippen molar-refractivity contribution in [2.45, 2.75) is 70.8 Å². The summed E-state index contributed by atoms with van der Waals surface area (Å²) in [6, 6.07) is 0. The number of nitrogens with zero attached hydrogens (tertiary/aromatic N) is 5. The molecule has 152 valence electrons. The van der Waals surface area contributed by atoms with Crippen LogP contribution in [0.15, 0.2) is 18.7 Å². The Morgan fingerprint density at radius 3 is 2.93 bits per heavy atom. The molecule has 1 saturated heterocycles. The van der Waals surface area contributed by atoms with Crippen molar-refractivity contribution in [3.05, 3.63) is 35.8 Å². The maximum atomic E-state index is 4.98. The van der Waals surface area contributed by atoms with E-state index in [-0.39, 0.29) is 5.41 Å². The molecule has 4 rings (SSSR count). The van der Waals surface area contributed by atoms with Gasteiger partial charge in [0.25, 0.3) is 0 Å². The number of hydrogen-bond acceptors (Lipinski definition) is 5. The number of hydrogen-bond donors (Lipinski definition) is 1. The summed E-state index contributed by atoms with van der Waals surface area (Å²) in [4.78, 5) is 16.5. The highest BCUT2D eigenvalue weighted by molar-refractivity contribution is 5.52. The Morgan fingerprint density at radius 2 is 2.11 bits per heavy atom. The van der Waals surface area contributed by atoms with Crippen molar-refractivity contribution in [3.8, 4) is 0 Å². The smallest absolute Gasteiger partial charge is 0.133 e. The normalized spacial score (nSPS) is 21.9. The second-order valence-electron chi connectivity index (χ2n) is 8.54. The van der Waals surface area contributed by atoms with Gasteiger partial charge in [0.2, 0.25) is 0 Å². The molecule has 0 amide bonds. The molecule has 28 heavy (non-hydrogen) atoms. The molecule has 0 bridgehead atoms. The zero-order valence-corrected chi connectivity index (χ0v) is 17.5. The molecule has 3 heterocycles. The van der Waals surface area contributed by atoms with Crippen LogP contribution in [-0.2, 0) is 18.4 Å². The third-order valence-corrected chi connectivity index (χ3v) is 6.40. The van der Waals surface area contributed by atoms with Crippen molar-refractivity contribution in [2.24, 2.45) is 0 Å². The Bertz CT molecular complexity index is 772. The Kier molecular flexibility index (Phi) is 5.95. The van der Waals surface area contributed by atoms with Crippen LogP contribution < -0.4 is 5.32 Å². The van der Waals surface area contributed by atoms with Crippen LogP contribution in [0, 0.1) is 6.92 Å². The van der Waals surface area contributed by atoms with Gasteiger partial charge in [0, 0.05) is 43.0 Å². The first-order valence-electron chi connectivity index (χ1n) is 11.0. The average Bonchev–Trinajstić information content (AvgIpc) is 3.33. The molecule has 1 fully saturated rings. The summed E-state index contributed by atoms with van der Waals surface area (Å²) in [6.07, 6.45) is 14.3. The molecule has 1 spiro atoms. The van der Waals surface area contributed by atoms with Gasteiger partial charge in [-0.25, -0.2) is 15.0 Å². The van der Waals surface area contributed by atoms with Gasteiger partial charge in [0.1, 0.15) is 11.6 Å². The fraction of sp³-hybridized carbons (Fsp3) is 0.682. The molecule has 0 radical (unpaired) electrons. The maximum Gasteiger partial charge on any atom is 0.133 e. The van der Waals surface area contributed by atoms with Gasteiger partial charge in [-0.1, -0.05) is 13.3 Å². The lowest BCUT2D eigenvalue weighted by molar-refractivity contribution is 0.141. The number of aryl methyl sites for hydroxylation is 2. The van der Waals surface area contributed by atoms with Crippen LogP contribution in [0.1, 0.15) is 62.5 Å². The molecular formula is C22H34N6. The zero-order valence-electron chi connectivity index (χ0n) is 17.5. The molecule has 1 atom stereocenters. The molecule has 2 aromatic rings. The van der Waals surface area contributed by atoms with Gasteiger partial charge in [0.15, 0.2) is 0 Å². The Hall–Kier alpha value is -1.95. The minimum absolute atomic E-state index is 0.252. The maximum absolute atomic E-state index is 4.98. The average molecular weight is 383 g/mol. The fourth-order valence-corrected chi connectivity index (χ4v) is 4.98. The summed E-state index contributed by atoms with van der Waals surface area (Å²) in [5.74, 6) is 1.98. The number of nitrogens with one attached hydrogen (secondary N) is 1. The number of unbranched alkanes of at least 4 members (excludes halogenated alkanes) is 1. The van der Waals surface area contributed by atoms with Crippen molar-refractivity contribution in [1.82, 2.24) is 24.4 Å². The molecule has 0 aromatic carbocycles. The lowest BCUT2D eigenvalue weighted by Gasteiger charge is -2.40. The molecule has 1 aliphatic heterocycles. The SMILES string of the molecule is CCCCN1CCCC2(CCc3c(NCCCn4ccnc4)nc(C)nc32)C1. The summed E-state index contributed by atoms with van der Waals surface area (Å²) in [5.41, 5.74) is 2.98. The molecule has 1 N–H and O–H groups in total. The fourth-order valence-electron chi connectivity index (χ4n) is 4.98. The Labute approximate surface area is 168 Å². The van der Waals surface area contributed by atoms with Gasteiger partial charge < -0.3 is 14.8 Å². The van der Waals surface area contributed by atoms with Crippen molar-refractivity contribution in [3.63, 3.8) is 0 Å². The summed E-state index contributed by atoms with van der Waals surface area (Å²) in [5, 5.41) is 3.62. The summed E-state index contributed by atoms with van der Waals surface area (Å²) >= 11 is 0. The van der Waals surface area contributed by atoms with E-state index in [1.54, 1.807) is 0 Å². The number of rotatable bonds is 8. The third kappa shape index (κ3) is 4.07. The third-order valence-electron chi connectivity index (χ3n) is 6.40. The predicted octanol–water partition coefficient (Wildman–Crippen LogP) is 3.56. The molecule has 2 aliphatic rings. The first-order chi connectivity index (χ1) is 13.7.